The number of hydrogen-bond donors (Lipinski definition) is 2. The van der Waals surface area contributed by atoms with Gasteiger partial charge in [-0.3, -0.25) is 9.59 Å². The van der Waals surface area contributed by atoms with Crippen molar-refractivity contribution in [3.63, 3.8) is 0 Å². The van der Waals surface area contributed by atoms with Crippen molar-refractivity contribution in [2.24, 2.45) is 11.7 Å². The predicted molar refractivity (Wildman–Crippen MR) is 85.4 cm³/mol. The lowest BCUT2D eigenvalue weighted by Crippen LogP contribution is -2.59. The van der Waals surface area contributed by atoms with Crippen LogP contribution in [0.3, 0.4) is 0 Å². The Morgan fingerprint density at radius 3 is 2.70 bits per heavy atom. The second-order valence-corrected chi connectivity index (χ2v) is 6.33. The molecule has 3 rings (SSSR count). The molecule has 1 atom stereocenters. The van der Waals surface area contributed by atoms with Gasteiger partial charge in [-0.05, 0) is 18.4 Å². The first-order chi connectivity index (χ1) is 11.1. The molecule has 1 aliphatic heterocycles. The molecule has 1 saturated heterocycles. The summed E-state index contributed by atoms with van der Waals surface area (Å²) in [4.78, 5) is 26.9. The van der Waals surface area contributed by atoms with Crippen LogP contribution in [-0.2, 0) is 14.3 Å². The number of ether oxygens (including phenoxy) is 1. The van der Waals surface area contributed by atoms with E-state index in [0.717, 1.165) is 5.56 Å². The van der Waals surface area contributed by atoms with Crippen LogP contribution < -0.4 is 11.1 Å². The second kappa shape index (κ2) is 6.29. The Bertz CT molecular complexity index is 578. The SMILES string of the molecule is COC1(CN)CC(C(=O)N2CCNC(=O)C2c2ccccc2)C1. The highest BCUT2D eigenvalue weighted by Crippen LogP contribution is 2.42. The first-order valence-corrected chi connectivity index (χ1v) is 7.98. The molecule has 1 heterocycles. The Balaban J connectivity index is 1.77. The molecule has 0 aromatic heterocycles. The van der Waals surface area contributed by atoms with Crippen molar-refractivity contribution in [2.45, 2.75) is 24.5 Å². The maximum atomic E-state index is 12.9. The van der Waals surface area contributed by atoms with E-state index in [9.17, 15) is 9.59 Å². The molecule has 1 unspecified atom stereocenters. The molecule has 0 bridgehead atoms. The molecule has 3 N–H and O–H groups in total. The smallest absolute Gasteiger partial charge is 0.247 e. The lowest BCUT2D eigenvalue weighted by atomic mass is 9.70. The molecule has 0 radical (unpaired) electrons. The Kier molecular flexibility index (Phi) is 4.37. The molecule has 23 heavy (non-hydrogen) atoms. The largest absolute Gasteiger partial charge is 0.377 e. The van der Waals surface area contributed by atoms with Gasteiger partial charge >= 0.3 is 0 Å². The van der Waals surface area contributed by atoms with E-state index in [1.807, 2.05) is 30.3 Å². The van der Waals surface area contributed by atoms with E-state index in [4.69, 9.17) is 10.5 Å². The molecule has 2 fully saturated rings. The van der Waals surface area contributed by atoms with Gasteiger partial charge in [-0.15, -0.1) is 0 Å². The van der Waals surface area contributed by atoms with Crippen LogP contribution in [0.2, 0.25) is 0 Å². The zero-order chi connectivity index (χ0) is 16.4. The fourth-order valence-corrected chi connectivity index (χ4v) is 3.54. The minimum Gasteiger partial charge on any atom is -0.377 e. The molecule has 1 aliphatic carbocycles. The molecular formula is C17H23N3O3. The summed E-state index contributed by atoms with van der Waals surface area (Å²) in [5.74, 6) is -0.211. The van der Waals surface area contributed by atoms with Crippen molar-refractivity contribution >= 4 is 11.8 Å². The molecule has 6 heteroatoms. The van der Waals surface area contributed by atoms with E-state index >= 15 is 0 Å². The lowest BCUT2D eigenvalue weighted by Gasteiger charge is -2.47. The minimum atomic E-state index is -0.548. The number of hydrogen-bond acceptors (Lipinski definition) is 4. The first kappa shape index (κ1) is 16.0. The van der Waals surface area contributed by atoms with Crippen molar-refractivity contribution in [2.75, 3.05) is 26.7 Å². The van der Waals surface area contributed by atoms with Gasteiger partial charge < -0.3 is 20.7 Å². The quantitative estimate of drug-likeness (QED) is 0.844. The summed E-state index contributed by atoms with van der Waals surface area (Å²) >= 11 is 0. The van der Waals surface area contributed by atoms with Crippen molar-refractivity contribution in [3.05, 3.63) is 35.9 Å². The van der Waals surface area contributed by atoms with Crippen LogP contribution >= 0.6 is 0 Å². The molecule has 1 saturated carbocycles. The number of nitrogens with two attached hydrogens (primary N) is 1. The zero-order valence-corrected chi connectivity index (χ0v) is 13.3. The predicted octanol–water partition coefficient (Wildman–Crippen LogP) is 0.440. The minimum absolute atomic E-state index is 0.0230. The third-order valence-electron chi connectivity index (χ3n) is 5.00. The average molecular weight is 317 g/mol. The number of methoxy groups -OCH3 is 1. The molecular weight excluding hydrogens is 294 g/mol. The summed E-state index contributed by atoms with van der Waals surface area (Å²) in [6.07, 6.45) is 1.25. The van der Waals surface area contributed by atoms with Crippen LogP contribution in [0.4, 0.5) is 0 Å². The van der Waals surface area contributed by atoms with Crippen LogP contribution in [0.25, 0.3) is 0 Å². The van der Waals surface area contributed by atoms with E-state index in [-0.39, 0.29) is 23.3 Å². The van der Waals surface area contributed by atoms with Crippen molar-refractivity contribution in [3.8, 4) is 0 Å². The summed E-state index contributed by atoms with van der Waals surface area (Å²) in [5, 5.41) is 2.85. The standard InChI is InChI=1S/C17H23N3O3/c1-23-17(11-18)9-13(10-17)16(22)20-8-7-19-15(21)14(20)12-5-3-2-4-6-12/h2-6,13-14H,7-11,18H2,1H3,(H,19,21). The van der Waals surface area contributed by atoms with Crippen LogP contribution in [-0.4, -0.2) is 49.1 Å². The number of carbonyl (C=O) groups is 2. The second-order valence-electron chi connectivity index (χ2n) is 6.33. The van der Waals surface area contributed by atoms with E-state index in [1.54, 1.807) is 12.0 Å². The monoisotopic (exact) mass is 317 g/mol. The third kappa shape index (κ3) is 2.84. The van der Waals surface area contributed by atoms with Crippen LogP contribution in [0, 0.1) is 5.92 Å². The number of amides is 2. The maximum Gasteiger partial charge on any atom is 0.247 e. The van der Waals surface area contributed by atoms with Crippen molar-refractivity contribution in [1.82, 2.24) is 10.2 Å². The van der Waals surface area contributed by atoms with E-state index in [0.29, 0.717) is 32.5 Å². The normalized spacial score (nSPS) is 30.5. The Hall–Kier alpha value is -1.92. The lowest BCUT2D eigenvalue weighted by molar-refractivity contribution is -0.161. The van der Waals surface area contributed by atoms with Gasteiger partial charge in [-0.2, -0.15) is 0 Å². The van der Waals surface area contributed by atoms with Crippen molar-refractivity contribution in [1.29, 1.82) is 0 Å². The highest BCUT2D eigenvalue weighted by molar-refractivity contribution is 5.91. The number of nitrogens with one attached hydrogen (secondary N) is 1. The topological polar surface area (TPSA) is 84.7 Å². The number of piperazine rings is 1. The Morgan fingerprint density at radius 2 is 2.09 bits per heavy atom. The van der Waals surface area contributed by atoms with Gasteiger partial charge in [0.1, 0.15) is 6.04 Å². The average Bonchev–Trinajstić information content (AvgIpc) is 2.55. The van der Waals surface area contributed by atoms with E-state index in [2.05, 4.69) is 5.32 Å². The molecule has 6 nitrogen and oxygen atoms in total. The van der Waals surface area contributed by atoms with Gasteiger partial charge in [-0.1, -0.05) is 30.3 Å². The highest BCUT2D eigenvalue weighted by Gasteiger charge is 2.49. The third-order valence-corrected chi connectivity index (χ3v) is 5.00. The molecule has 2 amide bonds. The van der Waals surface area contributed by atoms with Gasteiger partial charge in [0.15, 0.2) is 0 Å². The Labute approximate surface area is 136 Å². The maximum absolute atomic E-state index is 12.9. The van der Waals surface area contributed by atoms with Crippen molar-refractivity contribution < 1.29 is 14.3 Å². The molecule has 2 aliphatic rings. The van der Waals surface area contributed by atoms with Crippen LogP contribution in [0.5, 0.6) is 0 Å². The number of nitrogens with zero attached hydrogens (tertiary/aromatic N) is 1. The summed E-state index contributed by atoms with van der Waals surface area (Å²) < 4.78 is 5.45. The first-order valence-electron chi connectivity index (χ1n) is 7.98. The molecule has 124 valence electrons. The summed E-state index contributed by atoms with van der Waals surface area (Å²) in [7, 11) is 1.63. The zero-order valence-electron chi connectivity index (χ0n) is 13.3. The molecule has 1 aromatic rings. The van der Waals surface area contributed by atoms with E-state index in [1.165, 1.54) is 0 Å². The summed E-state index contributed by atoms with van der Waals surface area (Å²) in [6.45, 7) is 1.44. The van der Waals surface area contributed by atoms with E-state index < -0.39 is 6.04 Å². The molecule has 1 aromatic carbocycles. The number of carbonyl (C=O) groups excluding carboxylic acids is 2. The molecule has 0 spiro atoms. The van der Waals surface area contributed by atoms with Gasteiger partial charge in [0.05, 0.1) is 5.60 Å². The van der Waals surface area contributed by atoms with Crippen LogP contribution in [0.15, 0.2) is 30.3 Å². The van der Waals surface area contributed by atoms with Gasteiger partial charge in [0.25, 0.3) is 0 Å². The van der Waals surface area contributed by atoms with Gasteiger partial charge in [0, 0.05) is 32.7 Å². The fourth-order valence-electron chi connectivity index (χ4n) is 3.54. The highest BCUT2D eigenvalue weighted by atomic mass is 16.5. The number of rotatable bonds is 4. The summed E-state index contributed by atoms with van der Waals surface area (Å²) in [5.41, 5.74) is 6.21. The van der Waals surface area contributed by atoms with Gasteiger partial charge in [-0.25, -0.2) is 0 Å². The van der Waals surface area contributed by atoms with Crippen LogP contribution in [0.1, 0.15) is 24.4 Å². The summed E-state index contributed by atoms with van der Waals surface area (Å²) in [6, 6.07) is 8.89. The Morgan fingerprint density at radius 1 is 1.39 bits per heavy atom. The van der Waals surface area contributed by atoms with Gasteiger partial charge in [0.2, 0.25) is 11.8 Å². The number of benzene rings is 1. The fraction of sp³-hybridized carbons (Fsp3) is 0.529.